The number of benzene rings is 2. The van der Waals surface area contributed by atoms with E-state index in [0.29, 0.717) is 12.8 Å². The second-order valence-electron chi connectivity index (χ2n) is 7.21. The molecule has 0 saturated carbocycles. The molecule has 0 radical (unpaired) electrons. The van der Waals surface area contributed by atoms with Gasteiger partial charge in [-0.05, 0) is 42.0 Å². The van der Waals surface area contributed by atoms with Crippen molar-refractivity contribution in [1.29, 1.82) is 0 Å². The van der Waals surface area contributed by atoms with Crippen LogP contribution in [0.2, 0.25) is 0 Å². The largest absolute Gasteiger partial charge is 0.508 e. The Morgan fingerprint density at radius 2 is 1.60 bits per heavy atom. The molecule has 0 aliphatic carbocycles. The van der Waals surface area contributed by atoms with Gasteiger partial charge in [0.15, 0.2) is 0 Å². The number of aliphatic hydroxyl groups excluding tert-OH is 1. The zero-order valence-electron chi connectivity index (χ0n) is 14.7. The number of likely N-dealkylation sites (tertiary alicyclic amines) is 1. The Labute approximate surface area is 149 Å². The van der Waals surface area contributed by atoms with E-state index in [1.54, 1.807) is 24.3 Å². The monoisotopic (exact) mass is 341 g/mol. The Hall–Kier alpha value is -1.88. The van der Waals surface area contributed by atoms with E-state index in [-0.39, 0.29) is 11.7 Å². The molecule has 2 unspecified atom stereocenters. The van der Waals surface area contributed by atoms with Gasteiger partial charge in [-0.3, -0.25) is 0 Å². The van der Waals surface area contributed by atoms with E-state index < -0.39 is 11.7 Å². The molecule has 1 aliphatic rings. The highest BCUT2D eigenvalue weighted by atomic mass is 16.3. The molecule has 4 heteroatoms. The van der Waals surface area contributed by atoms with Gasteiger partial charge in [-0.15, -0.1) is 0 Å². The van der Waals surface area contributed by atoms with E-state index in [0.717, 1.165) is 30.8 Å². The second-order valence-corrected chi connectivity index (χ2v) is 7.21. The standard InChI is InChI=1S/C21H27NO3/c1-16(20(24)17-7-9-19(23)10-8-17)15-22-13-11-21(25,12-14-22)18-5-3-2-4-6-18/h2-10,16,20,23-25H,11-15H2,1H3. The number of aromatic hydroxyl groups is 1. The Bertz CT molecular complexity index is 663. The molecule has 0 amide bonds. The number of piperidine rings is 1. The zero-order chi connectivity index (χ0) is 17.9. The van der Waals surface area contributed by atoms with E-state index in [1.165, 1.54) is 0 Å². The Balaban J connectivity index is 1.55. The summed E-state index contributed by atoms with van der Waals surface area (Å²) in [6, 6.07) is 16.6. The molecule has 0 bridgehead atoms. The Morgan fingerprint density at radius 3 is 2.20 bits per heavy atom. The first-order valence-corrected chi connectivity index (χ1v) is 8.95. The highest BCUT2D eigenvalue weighted by molar-refractivity contribution is 5.27. The fraction of sp³-hybridized carbons (Fsp3) is 0.429. The van der Waals surface area contributed by atoms with Crippen molar-refractivity contribution in [2.24, 2.45) is 5.92 Å². The van der Waals surface area contributed by atoms with Gasteiger partial charge in [-0.25, -0.2) is 0 Å². The average Bonchev–Trinajstić information content (AvgIpc) is 2.64. The van der Waals surface area contributed by atoms with Crippen LogP contribution in [0.25, 0.3) is 0 Å². The van der Waals surface area contributed by atoms with Gasteiger partial charge >= 0.3 is 0 Å². The average molecular weight is 341 g/mol. The lowest BCUT2D eigenvalue weighted by molar-refractivity contribution is -0.0331. The van der Waals surface area contributed by atoms with Crippen LogP contribution in [-0.2, 0) is 5.60 Å². The van der Waals surface area contributed by atoms with Crippen LogP contribution in [0.5, 0.6) is 5.75 Å². The van der Waals surface area contributed by atoms with Crippen molar-refractivity contribution in [2.75, 3.05) is 19.6 Å². The molecule has 2 aromatic rings. The fourth-order valence-corrected chi connectivity index (χ4v) is 3.65. The molecule has 2 atom stereocenters. The topological polar surface area (TPSA) is 63.9 Å². The normalized spacial score (nSPS) is 20.1. The van der Waals surface area contributed by atoms with Gasteiger partial charge in [-0.1, -0.05) is 49.4 Å². The van der Waals surface area contributed by atoms with Crippen LogP contribution in [0.3, 0.4) is 0 Å². The van der Waals surface area contributed by atoms with Crippen LogP contribution in [0, 0.1) is 5.92 Å². The summed E-state index contributed by atoms with van der Waals surface area (Å²) in [7, 11) is 0. The van der Waals surface area contributed by atoms with Gasteiger partial charge < -0.3 is 20.2 Å². The molecule has 3 rings (SSSR count). The van der Waals surface area contributed by atoms with Crippen LogP contribution < -0.4 is 0 Å². The summed E-state index contributed by atoms with van der Waals surface area (Å²) >= 11 is 0. The van der Waals surface area contributed by atoms with Crippen LogP contribution in [0.4, 0.5) is 0 Å². The third-order valence-corrected chi connectivity index (χ3v) is 5.31. The van der Waals surface area contributed by atoms with Gasteiger partial charge in [0, 0.05) is 19.6 Å². The molecule has 0 aromatic heterocycles. The molecule has 1 aliphatic heterocycles. The van der Waals surface area contributed by atoms with Gasteiger partial charge in [-0.2, -0.15) is 0 Å². The summed E-state index contributed by atoms with van der Waals surface area (Å²) in [6.07, 6.45) is 0.855. The summed E-state index contributed by atoms with van der Waals surface area (Å²) in [5.41, 5.74) is 1.08. The van der Waals surface area contributed by atoms with Crippen LogP contribution in [0.1, 0.15) is 37.0 Å². The van der Waals surface area contributed by atoms with E-state index in [4.69, 9.17) is 0 Å². The molecule has 1 fully saturated rings. The molecule has 25 heavy (non-hydrogen) atoms. The molecule has 1 heterocycles. The van der Waals surface area contributed by atoms with Crippen LogP contribution in [-0.4, -0.2) is 39.9 Å². The van der Waals surface area contributed by atoms with E-state index in [1.807, 2.05) is 37.3 Å². The van der Waals surface area contributed by atoms with Gasteiger partial charge in [0.2, 0.25) is 0 Å². The first-order chi connectivity index (χ1) is 12.0. The van der Waals surface area contributed by atoms with Crippen molar-refractivity contribution in [3.8, 4) is 5.75 Å². The lowest BCUT2D eigenvalue weighted by Gasteiger charge is -2.40. The number of nitrogens with zero attached hydrogens (tertiary/aromatic N) is 1. The maximum atomic E-state index is 10.9. The first kappa shape index (κ1) is 17.9. The number of hydrogen-bond acceptors (Lipinski definition) is 4. The van der Waals surface area contributed by atoms with Crippen molar-refractivity contribution >= 4 is 0 Å². The predicted molar refractivity (Wildman–Crippen MR) is 98.2 cm³/mol. The summed E-state index contributed by atoms with van der Waals surface area (Å²) in [6.45, 7) is 4.46. The molecule has 4 nitrogen and oxygen atoms in total. The first-order valence-electron chi connectivity index (χ1n) is 8.95. The molecule has 134 valence electrons. The van der Waals surface area contributed by atoms with E-state index in [9.17, 15) is 15.3 Å². The third kappa shape index (κ3) is 4.21. The van der Waals surface area contributed by atoms with E-state index >= 15 is 0 Å². The van der Waals surface area contributed by atoms with Crippen molar-refractivity contribution in [3.63, 3.8) is 0 Å². The minimum atomic E-state index is -0.740. The predicted octanol–water partition coefficient (Wildman–Crippen LogP) is 3.05. The summed E-state index contributed by atoms with van der Waals surface area (Å²) < 4.78 is 0. The molecular formula is C21H27NO3. The fourth-order valence-electron chi connectivity index (χ4n) is 3.65. The number of hydrogen-bond donors (Lipinski definition) is 3. The van der Waals surface area contributed by atoms with Crippen molar-refractivity contribution in [1.82, 2.24) is 4.90 Å². The highest BCUT2D eigenvalue weighted by Crippen LogP contribution is 2.33. The van der Waals surface area contributed by atoms with Crippen LogP contribution in [0.15, 0.2) is 54.6 Å². The minimum absolute atomic E-state index is 0.0764. The van der Waals surface area contributed by atoms with Gasteiger partial charge in [0.25, 0.3) is 0 Å². The number of aliphatic hydroxyl groups is 2. The van der Waals surface area contributed by atoms with Gasteiger partial charge in [0.1, 0.15) is 5.75 Å². The molecule has 1 saturated heterocycles. The lowest BCUT2D eigenvalue weighted by Crippen LogP contribution is -2.44. The molecule has 0 spiro atoms. The second kappa shape index (κ2) is 7.56. The number of phenolic OH excluding ortho intramolecular Hbond substituents is 1. The maximum absolute atomic E-state index is 10.9. The number of rotatable bonds is 5. The zero-order valence-corrected chi connectivity index (χ0v) is 14.7. The van der Waals surface area contributed by atoms with E-state index in [2.05, 4.69) is 4.90 Å². The quantitative estimate of drug-likeness (QED) is 0.782. The van der Waals surface area contributed by atoms with Crippen molar-refractivity contribution in [3.05, 3.63) is 65.7 Å². The molecule has 2 aromatic carbocycles. The third-order valence-electron chi connectivity index (χ3n) is 5.31. The number of phenols is 1. The van der Waals surface area contributed by atoms with Gasteiger partial charge in [0.05, 0.1) is 11.7 Å². The lowest BCUT2D eigenvalue weighted by atomic mass is 9.84. The molecule has 3 N–H and O–H groups in total. The minimum Gasteiger partial charge on any atom is -0.508 e. The SMILES string of the molecule is CC(CN1CCC(O)(c2ccccc2)CC1)C(O)c1ccc(O)cc1. The maximum Gasteiger partial charge on any atom is 0.115 e. The van der Waals surface area contributed by atoms with Crippen molar-refractivity contribution < 1.29 is 15.3 Å². The summed E-state index contributed by atoms with van der Waals surface area (Å²) in [5, 5.41) is 30.8. The Morgan fingerprint density at radius 1 is 1.00 bits per heavy atom. The van der Waals surface area contributed by atoms with Crippen molar-refractivity contribution in [2.45, 2.75) is 31.5 Å². The van der Waals surface area contributed by atoms with Crippen LogP contribution >= 0.6 is 0 Å². The molecular weight excluding hydrogens is 314 g/mol. The smallest absolute Gasteiger partial charge is 0.115 e. The highest BCUT2D eigenvalue weighted by Gasteiger charge is 2.34. The Kier molecular flexibility index (Phi) is 5.42. The summed E-state index contributed by atoms with van der Waals surface area (Å²) in [5.74, 6) is 0.285. The summed E-state index contributed by atoms with van der Waals surface area (Å²) in [4.78, 5) is 2.31.